The van der Waals surface area contributed by atoms with E-state index in [1.54, 1.807) is 7.11 Å². The molecule has 3 N–H and O–H groups in total. The summed E-state index contributed by atoms with van der Waals surface area (Å²) in [6.45, 7) is 0.0391. The van der Waals surface area contributed by atoms with Crippen LogP contribution in [0.1, 0.15) is 42.7 Å². The second kappa shape index (κ2) is 8.85. The van der Waals surface area contributed by atoms with Gasteiger partial charge >= 0.3 is 6.03 Å². The Morgan fingerprint density at radius 2 is 1.85 bits per heavy atom. The summed E-state index contributed by atoms with van der Waals surface area (Å²) in [5.41, 5.74) is 2.28. The summed E-state index contributed by atoms with van der Waals surface area (Å²) in [6, 6.07) is 15.3. The van der Waals surface area contributed by atoms with Gasteiger partial charge in [-0.15, -0.1) is 0 Å². The fraction of sp³-hybridized carbons (Fsp3) is 0.346. The Hall–Kier alpha value is -3.81. The number of aromatic nitrogens is 1. The summed E-state index contributed by atoms with van der Waals surface area (Å²) < 4.78 is 5.29. The fourth-order valence-electron chi connectivity index (χ4n) is 5.18. The van der Waals surface area contributed by atoms with Crippen molar-refractivity contribution < 1.29 is 19.1 Å². The lowest BCUT2D eigenvalue weighted by atomic mass is 9.90. The molecule has 1 saturated carbocycles. The monoisotopic (exact) mass is 460 g/mol. The van der Waals surface area contributed by atoms with Gasteiger partial charge in [0.1, 0.15) is 17.8 Å². The van der Waals surface area contributed by atoms with Crippen LogP contribution in [-0.4, -0.2) is 53.5 Å². The van der Waals surface area contributed by atoms with E-state index in [4.69, 9.17) is 4.74 Å². The van der Waals surface area contributed by atoms with Gasteiger partial charge in [0.25, 0.3) is 5.91 Å². The number of nitrogens with one attached hydrogen (secondary N) is 3. The molecule has 0 unspecified atom stereocenters. The number of carbonyl (C=O) groups is 3. The van der Waals surface area contributed by atoms with Gasteiger partial charge in [-0.05, 0) is 42.2 Å². The van der Waals surface area contributed by atoms with Crippen molar-refractivity contribution in [3.63, 3.8) is 0 Å². The van der Waals surface area contributed by atoms with E-state index in [0.29, 0.717) is 19.4 Å². The number of urea groups is 1. The highest BCUT2D eigenvalue weighted by Gasteiger charge is 2.52. The minimum absolute atomic E-state index is 0.129. The number of rotatable bonds is 7. The topological polar surface area (TPSA) is 104 Å². The maximum atomic E-state index is 12.9. The molecule has 8 heteroatoms. The summed E-state index contributed by atoms with van der Waals surface area (Å²) in [7, 11) is 1.62. The van der Waals surface area contributed by atoms with Crippen LogP contribution in [0.2, 0.25) is 0 Å². The second-order valence-corrected chi connectivity index (χ2v) is 9.03. The summed E-state index contributed by atoms with van der Waals surface area (Å²) in [5, 5.41) is 6.85. The number of aromatic amines is 1. The number of hydrogen-bond donors (Lipinski definition) is 3. The van der Waals surface area contributed by atoms with Gasteiger partial charge in [0, 0.05) is 29.6 Å². The maximum Gasteiger partial charge on any atom is 0.325 e. The lowest BCUT2D eigenvalue weighted by Gasteiger charge is -2.21. The smallest absolute Gasteiger partial charge is 0.325 e. The molecule has 34 heavy (non-hydrogen) atoms. The standard InChI is InChI=1S/C26H28N4O4/c1-34-18-10-8-17(9-11-18)20(21-15-27-22-7-3-2-6-19(21)22)14-28-23(31)16-30-24(32)26(29-25(30)33)12-4-5-13-26/h2-3,6-11,15,20,27H,4-5,12-14,16H2,1H3,(H,28,31)(H,29,33)/t20-/m1/s1. The lowest BCUT2D eigenvalue weighted by molar-refractivity contribution is -0.134. The number of imide groups is 1. The highest BCUT2D eigenvalue weighted by Crippen LogP contribution is 2.35. The molecule has 4 amide bonds. The largest absolute Gasteiger partial charge is 0.497 e. The highest BCUT2D eigenvalue weighted by molar-refractivity contribution is 6.09. The van der Waals surface area contributed by atoms with Crippen LogP contribution in [0, 0.1) is 0 Å². The first-order valence-electron chi connectivity index (χ1n) is 11.6. The Morgan fingerprint density at radius 1 is 1.12 bits per heavy atom. The van der Waals surface area contributed by atoms with Crippen molar-refractivity contribution in [1.82, 2.24) is 20.5 Å². The first-order valence-corrected chi connectivity index (χ1v) is 11.6. The van der Waals surface area contributed by atoms with Gasteiger partial charge in [-0.3, -0.25) is 14.5 Å². The number of nitrogens with zero attached hydrogens (tertiary/aromatic N) is 1. The molecule has 2 aliphatic rings. The summed E-state index contributed by atoms with van der Waals surface area (Å²) >= 11 is 0. The first-order chi connectivity index (χ1) is 16.5. The molecule has 2 heterocycles. The number of benzene rings is 2. The number of fused-ring (bicyclic) bond motifs is 1. The third-order valence-corrected chi connectivity index (χ3v) is 7.02. The molecule has 1 aromatic heterocycles. The number of H-pyrrole nitrogens is 1. The molecule has 2 aromatic carbocycles. The van der Waals surface area contributed by atoms with Gasteiger partial charge in [0.2, 0.25) is 5.91 Å². The van der Waals surface area contributed by atoms with Crippen LogP contribution in [0.3, 0.4) is 0 Å². The minimum Gasteiger partial charge on any atom is -0.497 e. The van der Waals surface area contributed by atoms with E-state index in [2.05, 4.69) is 15.6 Å². The van der Waals surface area contributed by atoms with E-state index >= 15 is 0 Å². The first kappa shape index (κ1) is 22.0. The van der Waals surface area contributed by atoms with Gasteiger partial charge < -0.3 is 20.4 Å². The van der Waals surface area contributed by atoms with E-state index in [1.807, 2.05) is 54.7 Å². The zero-order valence-electron chi connectivity index (χ0n) is 19.1. The average Bonchev–Trinajstić information content (AvgIpc) is 3.55. The van der Waals surface area contributed by atoms with Crippen LogP contribution in [0.4, 0.5) is 4.79 Å². The van der Waals surface area contributed by atoms with Gasteiger partial charge in [0.15, 0.2) is 0 Å². The third kappa shape index (κ3) is 3.89. The zero-order valence-corrected chi connectivity index (χ0v) is 19.1. The van der Waals surface area contributed by atoms with Crippen LogP contribution >= 0.6 is 0 Å². The Bertz CT molecular complexity index is 1230. The highest BCUT2D eigenvalue weighted by atomic mass is 16.5. The van der Waals surface area contributed by atoms with Crippen molar-refractivity contribution in [3.05, 3.63) is 65.9 Å². The molecule has 1 saturated heterocycles. The maximum absolute atomic E-state index is 12.9. The van der Waals surface area contributed by atoms with E-state index in [0.717, 1.165) is 45.5 Å². The van der Waals surface area contributed by atoms with Crippen LogP contribution in [-0.2, 0) is 9.59 Å². The summed E-state index contributed by atoms with van der Waals surface area (Å²) in [4.78, 5) is 42.5. The Labute approximate surface area is 197 Å². The van der Waals surface area contributed by atoms with Crippen LogP contribution in [0.5, 0.6) is 5.75 Å². The predicted molar refractivity (Wildman–Crippen MR) is 128 cm³/mol. The third-order valence-electron chi connectivity index (χ3n) is 7.02. The van der Waals surface area contributed by atoms with Gasteiger partial charge in [-0.2, -0.15) is 0 Å². The predicted octanol–water partition coefficient (Wildman–Crippen LogP) is 3.29. The molecule has 0 radical (unpaired) electrons. The van der Waals surface area contributed by atoms with Crippen molar-refractivity contribution in [3.8, 4) is 5.75 Å². The molecule has 176 valence electrons. The molecule has 2 fully saturated rings. The lowest BCUT2D eigenvalue weighted by Crippen LogP contribution is -2.45. The number of amides is 4. The van der Waals surface area contributed by atoms with E-state index in [1.165, 1.54) is 0 Å². The van der Waals surface area contributed by atoms with Crippen molar-refractivity contribution in [2.75, 3.05) is 20.2 Å². The van der Waals surface area contributed by atoms with Crippen LogP contribution < -0.4 is 15.4 Å². The molecule has 1 atom stereocenters. The van der Waals surface area contributed by atoms with Crippen molar-refractivity contribution in [1.29, 1.82) is 0 Å². The zero-order chi connectivity index (χ0) is 23.7. The second-order valence-electron chi connectivity index (χ2n) is 9.03. The van der Waals surface area contributed by atoms with Gasteiger partial charge in [-0.25, -0.2) is 4.79 Å². The van der Waals surface area contributed by atoms with Crippen molar-refractivity contribution in [2.45, 2.75) is 37.1 Å². The summed E-state index contributed by atoms with van der Waals surface area (Å²) in [5.74, 6) is -0.0227. The van der Waals surface area contributed by atoms with E-state index in [9.17, 15) is 14.4 Å². The SMILES string of the molecule is COc1ccc([C@@H](CNC(=O)CN2C(=O)NC3(CCCC3)C2=O)c2c[nH]c3ccccc23)cc1. The molecule has 3 aromatic rings. The Balaban J connectivity index is 1.34. The van der Waals surface area contributed by atoms with Gasteiger partial charge in [0.05, 0.1) is 7.11 Å². The molecular weight excluding hydrogens is 432 g/mol. The Morgan fingerprint density at radius 3 is 2.59 bits per heavy atom. The quantitative estimate of drug-likeness (QED) is 0.471. The molecule has 8 nitrogen and oxygen atoms in total. The number of para-hydroxylation sites is 1. The molecule has 0 bridgehead atoms. The minimum atomic E-state index is -0.812. The molecule has 1 aliphatic heterocycles. The number of ether oxygens (including phenoxy) is 1. The number of hydrogen-bond acceptors (Lipinski definition) is 4. The van der Waals surface area contributed by atoms with E-state index in [-0.39, 0.29) is 24.3 Å². The molecule has 1 spiro atoms. The van der Waals surface area contributed by atoms with Crippen molar-refractivity contribution >= 4 is 28.7 Å². The van der Waals surface area contributed by atoms with Crippen molar-refractivity contribution in [2.24, 2.45) is 0 Å². The molecule has 5 rings (SSSR count). The Kier molecular flexibility index (Phi) is 5.73. The normalized spacial score (nSPS) is 17.9. The molecular formula is C26H28N4O4. The summed E-state index contributed by atoms with van der Waals surface area (Å²) in [6.07, 6.45) is 5.04. The average molecular weight is 461 g/mol. The van der Waals surface area contributed by atoms with Crippen LogP contribution in [0.15, 0.2) is 54.7 Å². The van der Waals surface area contributed by atoms with Gasteiger partial charge in [-0.1, -0.05) is 43.2 Å². The van der Waals surface area contributed by atoms with Crippen LogP contribution in [0.25, 0.3) is 10.9 Å². The fourth-order valence-corrected chi connectivity index (χ4v) is 5.18. The van der Waals surface area contributed by atoms with E-state index < -0.39 is 11.6 Å². The molecule has 1 aliphatic carbocycles. The number of methoxy groups -OCH3 is 1. The number of carbonyl (C=O) groups excluding carboxylic acids is 3.